The highest BCUT2D eigenvalue weighted by atomic mass is 32.1. The van der Waals surface area contributed by atoms with Crippen molar-refractivity contribution in [2.45, 2.75) is 98.3 Å². The molecule has 0 radical (unpaired) electrons. The Bertz CT molecular complexity index is 460. The fourth-order valence-corrected chi connectivity index (χ4v) is 5.49. The van der Waals surface area contributed by atoms with Crippen LogP contribution in [0, 0.1) is 11.8 Å². The van der Waals surface area contributed by atoms with Crippen LogP contribution in [0.2, 0.25) is 0 Å². The van der Waals surface area contributed by atoms with Crippen molar-refractivity contribution in [3.05, 3.63) is 16.5 Å². The van der Waals surface area contributed by atoms with Crippen LogP contribution < -0.4 is 4.90 Å². The Balaban J connectivity index is 2.12. The molecule has 25 heavy (non-hydrogen) atoms. The molecule has 0 aromatic carbocycles. The summed E-state index contributed by atoms with van der Waals surface area (Å²) >= 11 is 2.04. The average Bonchev–Trinajstić information content (AvgIpc) is 3.24. The van der Waals surface area contributed by atoms with Crippen LogP contribution in [-0.4, -0.2) is 13.1 Å². The molecule has 1 aromatic rings. The van der Waals surface area contributed by atoms with Crippen LogP contribution in [-0.2, 0) is 12.8 Å². The second kappa shape index (κ2) is 11.3. The molecule has 0 bridgehead atoms. The molecule has 1 heterocycles. The minimum atomic E-state index is 0.864. The molecule has 0 spiro atoms. The molecule has 144 valence electrons. The average molecular weight is 364 g/mol. The van der Waals surface area contributed by atoms with Gasteiger partial charge in [-0.2, -0.15) is 0 Å². The molecule has 0 saturated heterocycles. The summed E-state index contributed by atoms with van der Waals surface area (Å²) in [5.74, 6) is 1.73. The highest BCUT2D eigenvalue weighted by Crippen LogP contribution is 2.39. The SMILES string of the molecule is CCCCC(CC)CN(CC(CC)CCCC)c1scc2c1CCC2. The van der Waals surface area contributed by atoms with Gasteiger partial charge in [-0.3, -0.25) is 0 Å². The zero-order valence-corrected chi connectivity index (χ0v) is 18.1. The topological polar surface area (TPSA) is 3.24 Å². The highest BCUT2D eigenvalue weighted by molar-refractivity contribution is 7.14. The van der Waals surface area contributed by atoms with E-state index in [1.807, 2.05) is 11.3 Å². The first-order chi connectivity index (χ1) is 12.2. The van der Waals surface area contributed by atoms with E-state index in [2.05, 4.69) is 38.0 Å². The lowest BCUT2D eigenvalue weighted by Gasteiger charge is -2.32. The minimum absolute atomic E-state index is 0.864. The third kappa shape index (κ3) is 6.01. The Labute approximate surface area is 161 Å². The Hall–Kier alpha value is -0.500. The minimum Gasteiger partial charge on any atom is -0.363 e. The summed E-state index contributed by atoms with van der Waals surface area (Å²) in [5.41, 5.74) is 3.37. The smallest absolute Gasteiger partial charge is 0.0944 e. The number of fused-ring (bicyclic) bond motifs is 1. The van der Waals surface area contributed by atoms with Crippen LogP contribution in [0.5, 0.6) is 0 Å². The fraction of sp³-hybridized carbons (Fsp3) is 0.826. The van der Waals surface area contributed by atoms with E-state index in [-0.39, 0.29) is 0 Å². The summed E-state index contributed by atoms with van der Waals surface area (Å²) in [4.78, 5) is 2.82. The van der Waals surface area contributed by atoms with Crippen molar-refractivity contribution in [3.63, 3.8) is 0 Å². The van der Waals surface area contributed by atoms with Crippen molar-refractivity contribution < 1.29 is 0 Å². The Morgan fingerprint density at radius 2 is 1.52 bits per heavy atom. The lowest BCUT2D eigenvalue weighted by atomic mass is 9.95. The molecule has 0 saturated carbocycles. The standard InChI is InChI=1S/C23H41NS/c1-5-9-12-19(7-3)16-24(17-20(8-4)13-10-6-2)23-22-15-11-14-21(22)18-25-23/h18-20H,5-17H2,1-4H3. The molecule has 2 unspecified atom stereocenters. The Morgan fingerprint density at radius 1 is 0.920 bits per heavy atom. The van der Waals surface area contributed by atoms with Crippen molar-refractivity contribution in [3.8, 4) is 0 Å². The van der Waals surface area contributed by atoms with Gasteiger partial charge in [-0.25, -0.2) is 0 Å². The van der Waals surface area contributed by atoms with Crippen LogP contribution in [0.15, 0.2) is 5.38 Å². The zero-order chi connectivity index (χ0) is 18.1. The molecule has 1 aliphatic rings. The molecule has 0 amide bonds. The largest absolute Gasteiger partial charge is 0.363 e. The first-order valence-electron chi connectivity index (χ1n) is 11.1. The van der Waals surface area contributed by atoms with Crippen molar-refractivity contribution >= 4 is 16.3 Å². The van der Waals surface area contributed by atoms with E-state index in [4.69, 9.17) is 0 Å². The van der Waals surface area contributed by atoms with Crippen molar-refractivity contribution in [2.24, 2.45) is 11.8 Å². The van der Waals surface area contributed by atoms with Gasteiger partial charge in [0.25, 0.3) is 0 Å². The highest BCUT2D eigenvalue weighted by Gasteiger charge is 2.24. The van der Waals surface area contributed by atoms with E-state index in [0.717, 1.165) is 11.8 Å². The molecule has 1 aliphatic carbocycles. The lowest BCUT2D eigenvalue weighted by Crippen LogP contribution is -2.34. The van der Waals surface area contributed by atoms with Crippen LogP contribution >= 0.6 is 11.3 Å². The number of nitrogens with zero attached hydrogens (tertiary/aromatic N) is 1. The van der Waals surface area contributed by atoms with Crippen LogP contribution in [0.3, 0.4) is 0 Å². The van der Waals surface area contributed by atoms with E-state index >= 15 is 0 Å². The first-order valence-corrected chi connectivity index (χ1v) is 11.9. The van der Waals surface area contributed by atoms with Gasteiger partial charge in [0, 0.05) is 13.1 Å². The number of anilines is 1. The molecule has 1 aromatic heterocycles. The van der Waals surface area contributed by atoms with E-state index < -0.39 is 0 Å². The molecule has 0 N–H and O–H groups in total. The summed E-state index contributed by atoms with van der Waals surface area (Å²) in [6.07, 6.45) is 14.9. The maximum Gasteiger partial charge on any atom is 0.0944 e. The maximum atomic E-state index is 2.82. The quantitative estimate of drug-likeness (QED) is 0.351. The van der Waals surface area contributed by atoms with Crippen molar-refractivity contribution in [1.29, 1.82) is 0 Å². The second-order valence-corrected chi connectivity index (χ2v) is 8.99. The van der Waals surface area contributed by atoms with Gasteiger partial charge in [-0.05, 0) is 60.4 Å². The maximum absolute atomic E-state index is 2.82. The van der Waals surface area contributed by atoms with Gasteiger partial charge in [-0.15, -0.1) is 11.3 Å². The Kier molecular flexibility index (Phi) is 9.37. The van der Waals surface area contributed by atoms with E-state index in [0.29, 0.717) is 0 Å². The summed E-state index contributed by atoms with van der Waals surface area (Å²) in [6, 6.07) is 0. The van der Waals surface area contributed by atoms with Gasteiger partial charge in [0.2, 0.25) is 0 Å². The van der Waals surface area contributed by atoms with Gasteiger partial charge in [0.1, 0.15) is 0 Å². The molecular weight excluding hydrogens is 322 g/mol. The van der Waals surface area contributed by atoms with Crippen molar-refractivity contribution in [2.75, 3.05) is 18.0 Å². The summed E-state index contributed by atoms with van der Waals surface area (Å²) < 4.78 is 0. The van der Waals surface area contributed by atoms with Gasteiger partial charge >= 0.3 is 0 Å². The number of thiophene rings is 1. The van der Waals surface area contributed by atoms with E-state index in [1.165, 1.54) is 83.7 Å². The molecule has 2 atom stereocenters. The van der Waals surface area contributed by atoms with Gasteiger partial charge in [0.05, 0.1) is 5.00 Å². The first kappa shape index (κ1) is 20.8. The number of rotatable bonds is 13. The molecule has 1 nitrogen and oxygen atoms in total. The van der Waals surface area contributed by atoms with Crippen molar-refractivity contribution in [1.82, 2.24) is 0 Å². The van der Waals surface area contributed by atoms with Gasteiger partial charge in [0.15, 0.2) is 0 Å². The molecular formula is C23H41NS. The fourth-order valence-electron chi connectivity index (χ4n) is 4.30. The lowest BCUT2D eigenvalue weighted by molar-refractivity contribution is 0.404. The van der Waals surface area contributed by atoms with Crippen LogP contribution in [0.1, 0.15) is 96.6 Å². The van der Waals surface area contributed by atoms with Crippen LogP contribution in [0.25, 0.3) is 0 Å². The third-order valence-corrected chi connectivity index (χ3v) is 7.29. The van der Waals surface area contributed by atoms with Gasteiger partial charge < -0.3 is 4.90 Å². The second-order valence-electron chi connectivity index (χ2n) is 8.14. The summed E-state index contributed by atoms with van der Waals surface area (Å²) in [6.45, 7) is 12.0. The molecule has 2 heteroatoms. The Morgan fingerprint density at radius 3 is 2.04 bits per heavy atom. The molecule has 0 fully saturated rings. The summed E-state index contributed by atoms with van der Waals surface area (Å²) in [7, 11) is 0. The number of unbranched alkanes of at least 4 members (excludes halogenated alkanes) is 2. The number of hydrogen-bond donors (Lipinski definition) is 0. The molecule has 0 aliphatic heterocycles. The van der Waals surface area contributed by atoms with Crippen LogP contribution in [0.4, 0.5) is 5.00 Å². The predicted molar refractivity (Wildman–Crippen MR) is 115 cm³/mol. The summed E-state index contributed by atoms with van der Waals surface area (Å²) in [5, 5.41) is 4.10. The van der Waals surface area contributed by atoms with E-state index in [9.17, 15) is 0 Å². The van der Waals surface area contributed by atoms with E-state index in [1.54, 1.807) is 16.1 Å². The normalized spacial score (nSPS) is 16.0. The molecule has 2 rings (SSSR count). The zero-order valence-electron chi connectivity index (χ0n) is 17.3. The number of aryl methyl sites for hydroxylation is 1. The predicted octanol–water partition coefficient (Wildman–Crippen LogP) is 7.48. The van der Waals surface area contributed by atoms with Gasteiger partial charge in [-0.1, -0.05) is 66.2 Å². The monoisotopic (exact) mass is 363 g/mol. The third-order valence-electron chi connectivity index (χ3n) is 6.16. The number of hydrogen-bond acceptors (Lipinski definition) is 2.